The molecule has 1 N–H and O–H groups in total. The topological polar surface area (TPSA) is 46.2 Å². The second-order valence-electron chi connectivity index (χ2n) is 6.04. The van der Waals surface area contributed by atoms with Crippen LogP contribution in [-0.4, -0.2) is 15.0 Å². The van der Waals surface area contributed by atoms with Crippen molar-refractivity contribution >= 4 is 10.0 Å². The fraction of sp³-hybridized carbons (Fsp3) is 0.500. The number of sulfonamides is 1. The first-order chi connectivity index (χ1) is 9.54. The lowest BCUT2D eigenvalue weighted by Gasteiger charge is -2.18. The Morgan fingerprint density at radius 1 is 1.15 bits per heavy atom. The van der Waals surface area contributed by atoms with Gasteiger partial charge in [0.15, 0.2) is 0 Å². The summed E-state index contributed by atoms with van der Waals surface area (Å²) in [5.41, 5.74) is 1.07. The van der Waals surface area contributed by atoms with E-state index in [1.54, 1.807) is 12.1 Å². The average molecular weight is 291 g/mol. The van der Waals surface area contributed by atoms with Gasteiger partial charge < -0.3 is 0 Å². The van der Waals surface area contributed by atoms with E-state index in [0.717, 1.165) is 17.9 Å². The van der Waals surface area contributed by atoms with Crippen LogP contribution in [0.2, 0.25) is 0 Å². The molecular formula is C16H21NO2S. The highest BCUT2D eigenvalue weighted by Crippen LogP contribution is 2.44. The second kappa shape index (κ2) is 5.34. The molecule has 1 aromatic carbocycles. The van der Waals surface area contributed by atoms with Crippen molar-refractivity contribution in [2.75, 3.05) is 6.54 Å². The first-order valence-electron chi connectivity index (χ1n) is 7.29. The van der Waals surface area contributed by atoms with E-state index in [4.69, 9.17) is 0 Å². The molecule has 2 bridgehead atoms. The van der Waals surface area contributed by atoms with Crippen LogP contribution in [0.3, 0.4) is 0 Å². The minimum atomic E-state index is -3.35. The van der Waals surface area contributed by atoms with Gasteiger partial charge in [0.25, 0.3) is 0 Å². The lowest BCUT2D eigenvalue weighted by molar-refractivity contribution is 0.415. The molecule has 1 saturated carbocycles. The van der Waals surface area contributed by atoms with E-state index in [1.807, 2.05) is 19.1 Å². The number of hydrogen-bond acceptors (Lipinski definition) is 2. The van der Waals surface area contributed by atoms with Crippen LogP contribution in [0.4, 0.5) is 0 Å². The summed E-state index contributed by atoms with van der Waals surface area (Å²) in [7, 11) is -3.35. The summed E-state index contributed by atoms with van der Waals surface area (Å²) in [6.07, 6.45) is 8.07. The summed E-state index contributed by atoms with van der Waals surface area (Å²) < 4.78 is 27.0. The summed E-state index contributed by atoms with van der Waals surface area (Å²) in [5, 5.41) is 0. The van der Waals surface area contributed by atoms with E-state index in [9.17, 15) is 8.42 Å². The van der Waals surface area contributed by atoms with Crippen molar-refractivity contribution in [2.24, 2.45) is 17.8 Å². The standard InChI is InChI=1S/C16H21NO2S/c1-12-2-6-16(7-3-12)20(18,19)17-9-8-15-11-13-4-5-14(15)10-13/h2-7,13-15,17H,8-11H2,1H3. The number of nitrogens with one attached hydrogen (secondary N) is 1. The molecule has 3 atom stereocenters. The van der Waals surface area contributed by atoms with Gasteiger partial charge in [-0.2, -0.15) is 0 Å². The summed E-state index contributed by atoms with van der Waals surface area (Å²) in [5.74, 6) is 2.09. The molecule has 1 fully saturated rings. The lowest BCUT2D eigenvalue weighted by Crippen LogP contribution is -2.27. The molecule has 4 heteroatoms. The van der Waals surface area contributed by atoms with Crippen LogP contribution < -0.4 is 4.72 Å². The molecule has 0 spiro atoms. The number of rotatable bonds is 5. The molecule has 20 heavy (non-hydrogen) atoms. The van der Waals surface area contributed by atoms with Crippen molar-refractivity contribution in [3.63, 3.8) is 0 Å². The Balaban J connectivity index is 1.55. The quantitative estimate of drug-likeness (QED) is 0.848. The fourth-order valence-electron chi connectivity index (χ4n) is 3.41. The van der Waals surface area contributed by atoms with Crippen LogP contribution >= 0.6 is 0 Å². The van der Waals surface area contributed by atoms with E-state index in [2.05, 4.69) is 16.9 Å². The fourth-order valence-corrected chi connectivity index (χ4v) is 4.45. The molecular weight excluding hydrogens is 270 g/mol. The van der Waals surface area contributed by atoms with Gasteiger partial charge >= 0.3 is 0 Å². The van der Waals surface area contributed by atoms with Crippen molar-refractivity contribution in [1.29, 1.82) is 0 Å². The maximum absolute atomic E-state index is 12.2. The number of fused-ring (bicyclic) bond motifs is 2. The predicted molar refractivity (Wildman–Crippen MR) is 79.8 cm³/mol. The normalized spacial score (nSPS) is 28.1. The number of aryl methyl sites for hydroxylation is 1. The van der Waals surface area contributed by atoms with E-state index in [0.29, 0.717) is 23.3 Å². The van der Waals surface area contributed by atoms with Crippen LogP contribution in [0.1, 0.15) is 24.8 Å². The minimum absolute atomic E-state index is 0.357. The zero-order chi connectivity index (χ0) is 14.2. The zero-order valence-corrected chi connectivity index (χ0v) is 12.6. The van der Waals surface area contributed by atoms with E-state index in [-0.39, 0.29) is 0 Å². The van der Waals surface area contributed by atoms with Crippen LogP contribution in [0.5, 0.6) is 0 Å². The average Bonchev–Trinajstić information content (AvgIpc) is 3.01. The van der Waals surface area contributed by atoms with Crippen molar-refractivity contribution in [3.05, 3.63) is 42.0 Å². The predicted octanol–water partition coefficient (Wildman–Crippen LogP) is 2.88. The smallest absolute Gasteiger partial charge is 0.211 e. The third-order valence-electron chi connectivity index (χ3n) is 4.55. The van der Waals surface area contributed by atoms with Gasteiger partial charge in [0.05, 0.1) is 4.90 Å². The van der Waals surface area contributed by atoms with Crippen LogP contribution in [0, 0.1) is 24.7 Å². The van der Waals surface area contributed by atoms with Gasteiger partial charge in [0, 0.05) is 6.54 Å². The maximum atomic E-state index is 12.2. The van der Waals surface area contributed by atoms with Crippen molar-refractivity contribution in [2.45, 2.75) is 31.1 Å². The highest BCUT2D eigenvalue weighted by Gasteiger charge is 2.35. The second-order valence-corrected chi connectivity index (χ2v) is 7.81. The van der Waals surface area contributed by atoms with Crippen LogP contribution in [0.15, 0.2) is 41.3 Å². The molecule has 0 saturated heterocycles. The Hall–Kier alpha value is -1.13. The number of hydrogen-bond donors (Lipinski definition) is 1. The molecule has 0 heterocycles. The van der Waals surface area contributed by atoms with Gasteiger partial charge in [-0.25, -0.2) is 13.1 Å². The van der Waals surface area contributed by atoms with Gasteiger partial charge in [-0.3, -0.25) is 0 Å². The molecule has 3 unspecified atom stereocenters. The third-order valence-corrected chi connectivity index (χ3v) is 6.03. The summed E-state index contributed by atoms with van der Waals surface area (Å²) in [6, 6.07) is 6.99. The van der Waals surface area contributed by atoms with Crippen LogP contribution in [-0.2, 0) is 10.0 Å². The number of benzene rings is 1. The third kappa shape index (κ3) is 2.81. The monoisotopic (exact) mass is 291 g/mol. The van der Waals surface area contributed by atoms with Gasteiger partial charge in [-0.05, 0) is 56.1 Å². The zero-order valence-electron chi connectivity index (χ0n) is 11.7. The highest BCUT2D eigenvalue weighted by atomic mass is 32.2. The molecule has 108 valence electrons. The SMILES string of the molecule is Cc1ccc(S(=O)(=O)NCCC2CC3C=CC2C3)cc1. The Kier molecular flexibility index (Phi) is 3.69. The summed E-state index contributed by atoms with van der Waals surface area (Å²) >= 11 is 0. The van der Waals surface area contributed by atoms with Crippen LogP contribution in [0.25, 0.3) is 0 Å². The van der Waals surface area contributed by atoms with Crippen molar-refractivity contribution in [3.8, 4) is 0 Å². The maximum Gasteiger partial charge on any atom is 0.240 e. The van der Waals surface area contributed by atoms with Crippen molar-refractivity contribution < 1.29 is 8.42 Å². The molecule has 0 amide bonds. The highest BCUT2D eigenvalue weighted by molar-refractivity contribution is 7.89. The number of allylic oxidation sites excluding steroid dienone is 2. The molecule has 0 aromatic heterocycles. The van der Waals surface area contributed by atoms with Gasteiger partial charge in [-0.1, -0.05) is 29.8 Å². The largest absolute Gasteiger partial charge is 0.240 e. The van der Waals surface area contributed by atoms with Gasteiger partial charge in [-0.15, -0.1) is 0 Å². The lowest BCUT2D eigenvalue weighted by atomic mass is 9.91. The Labute approximate surface area is 121 Å². The Morgan fingerprint density at radius 2 is 1.90 bits per heavy atom. The van der Waals surface area contributed by atoms with E-state index < -0.39 is 10.0 Å². The molecule has 2 aliphatic rings. The first kappa shape index (κ1) is 13.8. The minimum Gasteiger partial charge on any atom is -0.211 e. The van der Waals surface area contributed by atoms with Gasteiger partial charge in [0.1, 0.15) is 0 Å². The van der Waals surface area contributed by atoms with Gasteiger partial charge in [0.2, 0.25) is 10.0 Å². The molecule has 0 aliphatic heterocycles. The molecule has 2 aliphatic carbocycles. The Morgan fingerprint density at radius 3 is 2.50 bits per heavy atom. The molecule has 1 aromatic rings. The van der Waals surface area contributed by atoms with E-state index >= 15 is 0 Å². The molecule has 0 radical (unpaired) electrons. The molecule has 3 nitrogen and oxygen atoms in total. The summed E-state index contributed by atoms with van der Waals surface area (Å²) in [6.45, 7) is 2.49. The van der Waals surface area contributed by atoms with Crippen molar-refractivity contribution in [1.82, 2.24) is 4.72 Å². The Bertz CT molecular complexity index is 604. The first-order valence-corrected chi connectivity index (χ1v) is 8.77. The molecule has 3 rings (SSSR count). The summed E-state index contributed by atoms with van der Waals surface area (Å²) in [4.78, 5) is 0.357. The van der Waals surface area contributed by atoms with E-state index in [1.165, 1.54) is 12.8 Å².